The van der Waals surface area contributed by atoms with E-state index in [9.17, 15) is 19.2 Å². The number of Topliss-reactive ketones (excluding diaryl/α,β-unsaturated/α-hetero) is 4. The van der Waals surface area contributed by atoms with Gasteiger partial charge in [0.25, 0.3) is 5.19 Å². The van der Waals surface area contributed by atoms with E-state index in [4.69, 9.17) is 105 Å². The van der Waals surface area contributed by atoms with Crippen LogP contribution in [0.25, 0.3) is 42.3 Å². The van der Waals surface area contributed by atoms with Crippen LogP contribution in [-0.4, -0.2) is 115 Å². The van der Waals surface area contributed by atoms with Gasteiger partial charge in [0.2, 0.25) is 0 Å². The van der Waals surface area contributed by atoms with Crippen LogP contribution in [-0.2, 0) is 90.7 Å². The third kappa shape index (κ3) is 26.9. The fourth-order valence-electron chi connectivity index (χ4n) is 11.2. The van der Waals surface area contributed by atoms with Crippen LogP contribution in [0.5, 0.6) is 21.1 Å². The molecule has 14 rings (SSSR count). The van der Waals surface area contributed by atoms with E-state index < -0.39 is 22.4 Å². The number of hydrogen-bond acceptors (Lipinski definition) is 21. The van der Waals surface area contributed by atoms with E-state index in [0.717, 1.165) is 129 Å². The first-order valence-corrected chi connectivity index (χ1v) is 45.0. The monoisotopic (exact) mass is 1800 g/mol. The van der Waals surface area contributed by atoms with Crippen molar-refractivity contribution in [2.45, 2.75) is 230 Å². The summed E-state index contributed by atoms with van der Waals surface area (Å²) in [6.45, 7) is 32.2. The van der Waals surface area contributed by atoms with Crippen molar-refractivity contribution in [3.63, 3.8) is 0 Å². The molecule has 2 aliphatic rings. The quantitative estimate of drug-likeness (QED) is 0.0353. The van der Waals surface area contributed by atoms with Gasteiger partial charge in [0.05, 0.1) is 149 Å². The lowest BCUT2D eigenvalue weighted by atomic mass is 10.1. The highest BCUT2D eigenvalue weighted by Gasteiger charge is 2.32. The summed E-state index contributed by atoms with van der Waals surface area (Å²) in [5.74, 6) is 1.24. The molecule has 0 bridgehead atoms. The maximum atomic E-state index is 11.8. The molecule has 2 aliphatic carbocycles. The zero-order valence-electron chi connectivity index (χ0n) is 71.2. The number of benzene rings is 4. The number of hydrogen-bond donors (Lipinski definition) is 0. The molecule has 2 fully saturated rings. The van der Waals surface area contributed by atoms with Crippen molar-refractivity contribution < 1.29 is 57.1 Å². The minimum atomic E-state index is -0.866. The fraction of sp³-hybridized carbons (Fsp3) is 0.402. The Hall–Kier alpha value is -8.67. The Morgan fingerprint density at radius 1 is 0.421 bits per heavy atom. The Bertz CT molecular complexity index is 5120. The molecule has 121 heavy (non-hydrogen) atoms. The fourth-order valence-corrected chi connectivity index (χ4v) is 15.6. The molecule has 0 atom stereocenters. The Morgan fingerprint density at radius 2 is 0.752 bits per heavy atom. The van der Waals surface area contributed by atoms with Crippen LogP contribution in [0.15, 0.2) is 163 Å². The summed E-state index contributed by atoms with van der Waals surface area (Å²) in [6.07, 6.45) is 7.15. The molecule has 0 amide bonds. The van der Waals surface area contributed by atoms with Gasteiger partial charge in [-0.3, -0.25) is 37.9 Å². The highest BCUT2D eigenvalue weighted by Crippen LogP contribution is 2.41. The summed E-state index contributed by atoms with van der Waals surface area (Å²) in [5, 5.41) is 26.2. The molecule has 21 nitrogen and oxygen atoms in total. The van der Waals surface area contributed by atoms with Gasteiger partial charge in [-0.05, 0) is 224 Å². The van der Waals surface area contributed by atoms with Crippen molar-refractivity contribution in [3.05, 3.63) is 228 Å². The van der Waals surface area contributed by atoms with Crippen molar-refractivity contribution in [2.24, 2.45) is 5.92 Å². The highest BCUT2D eigenvalue weighted by molar-refractivity contribution is 7.17. The lowest BCUT2D eigenvalue weighted by Gasteiger charge is -2.21. The van der Waals surface area contributed by atoms with Crippen LogP contribution >= 0.6 is 91.8 Å². The second kappa shape index (κ2) is 41.7. The number of aromatic nitrogens is 9. The van der Waals surface area contributed by atoms with Gasteiger partial charge in [-0.1, -0.05) is 167 Å². The number of rotatable bonds is 37. The normalized spacial score (nSPS) is 13.0. The van der Waals surface area contributed by atoms with Crippen molar-refractivity contribution in [3.8, 4) is 63.4 Å². The maximum absolute atomic E-state index is 11.8. The standard InChI is InChI=1S/C23H28ClN3O3S.2C23H25ClN2O3S.C23H27ClN2O3S/c1-15(2)13-29-22-25-11-21(31-22)20-10-18(14-30-23(4,5)16(3)28)26-27(20)12-17-8-6-7-9-19(17)24;1-15(27)23(2,3)28-13-17-10-21(22-11-19(14-30-22)29-18-8-9-18)26(25-17)12-16-6-4-5-7-20(16)24;1-15(27)23(2,3)28-14-17-12-20(21-10-11-22(30-21)29-18-8-9-18)26(25-17)13-16-6-4-5-7-19(16)24;1-15(2)29-22-11-10-21(30-22)20-12-18(14-28-23(4,5)16(3)27)25-26(20)13-17-8-6-7-9-19(17)24/h6-11,15H,12-14H2,1-5H3;4-7,10-11,14,18H,8-9,12-13H2,1-3H3;4-7,10-12,18H,8-9,13-14H2,1-3H3;6-12,15H,13-14H2,1-5H3. The molecular formula is C92H105Cl4N9O12S4. The predicted molar refractivity (Wildman–Crippen MR) is 484 cm³/mol. The average Bonchev–Trinajstić information content (AvgIpc) is 1.67. The average molecular weight is 1800 g/mol. The first-order chi connectivity index (χ1) is 57.4. The zero-order chi connectivity index (χ0) is 87.1. The minimum absolute atomic E-state index is 0.0154. The number of carbonyl (C=O) groups is 4. The number of ether oxygens (including phenoxy) is 8. The number of carbonyl (C=O) groups excluding carboxylic acids is 4. The van der Waals surface area contributed by atoms with Crippen LogP contribution in [0.2, 0.25) is 20.1 Å². The second-order valence-electron chi connectivity index (χ2n) is 32.4. The number of ketones is 4. The van der Waals surface area contributed by atoms with E-state index in [1.165, 1.54) is 39.0 Å². The van der Waals surface area contributed by atoms with Crippen molar-refractivity contribution >= 4 is 115 Å². The maximum Gasteiger partial charge on any atom is 0.273 e. The molecule has 8 heterocycles. The smallest absolute Gasteiger partial charge is 0.273 e. The summed E-state index contributed by atoms with van der Waals surface area (Å²) in [7, 11) is 0. The SMILES string of the molecule is CC(=O)C(C)(C)OCc1cc(-c2cc(OC3CC3)cs2)n(Cc2ccccc2Cl)n1.CC(=O)C(C)(C)OCc1cc(-c2ccc(OC(C)C)s2)n(Cc2ccccc2Cl)n1.CC(=O)C(C)(C)OCc1cc(-c2ccc(OC3CC3)s2)n(Cc2ccccc2Cl)n1.CC(=O)C(C)(C)OCc1cc(-c2cnc(OCC(C)C)s2)n(Cc2ccccc2Cl)n1. The molecule has 12 aromatic rings. The third-order valence-corrected chi connectivity index (χ3v) is 25.2. The van der Waals surface area contributed by atoms with Crippen molar-refractivity contribution in [1.82, 2.24) is 44.1 Å². The van der Waals surface area contributed by atoms with Crippen LogP contribution in [0, 0.1) is 5.92 Å². The van der Waals surface area contributed by atoms with Gasteiger partial charge >= 0.3 is 0 Å². The molecule has 642 valence electrons. The molecular weight excluding hydrogens is 1690 g/mol. The molecule has 2 saturated carbocycles. The van der Waals surface area contributed by atoms with E-state index in [-0.39, 0.29) is 55.7 Å². The van der Waals surface area contributed by atoms with E-state index in [2.05, 4.69) is 31.0 Å². The van der Waals surface area contributed by atoms with Gasteiger partial charge in [-0.15, -0.1) is 11.3 Å². The molecule has 29 heteroatoms. The van der Waals surface area contributed by atoms with Gasteiger partial charge in [0.1, 0.15) is 28.2 Å². The van der Waals surface area contributed by atoms with Crippen LogP contribution in [0.3, 0.4) is 0 Å². The summed E-state index contributed by atoms with van der Waals surface area (Å²) in [4.78, 5) is 55.6. The van der Waals surface area contributed by atoms with Crippen molar-refractivity contribution in [1.29, 1.82) is 0 Å². The van der Waals surface area contributed by atoms with Gasteiger partial charge in [-0.2, -0.15) is 20.4 Å². The van der Waals surface area contributed by atoms with E-state index >= 15 is 0 Å². The number of halogens is 4. The van der Waals surface area contributed by atoms with Crippen LogP contribution in [0.4, 0.5) is 0 Å². The van der Waals surface area contributed by atoms with Gasteiger partial charge in [0.15, 0.2) is 33.3 Å². The zero-order valence-corrected chi connectivity index (χ0v) is 77.4. The summed E-state index contributed by atoms with van der Waals surface area (Å²) in [5.41, 5.74) is 7.35. The molecule has 0 N–H and O–H groups in total. The Labute approximate surface area is 744 Å². The minimum Gasteiger partial charge on any atom is -0.490 e. The van der Waals surface area contributed by atoms with Gasteiger partial charge in [-0.25, -0.2) is 4.98 Å². The summed E-state index contributed by atoms with van der Waals surface area (Å²) in [6, 6.07) is 49.1. The summed E-state index contributed by atoms with van der Waals surface area (Å²) < 4.78 is 54.5. The molecule has 0 spiro atoms. The third-order valence-electron chi connectivity index (χ3n) is 19.9. The lowest BCUT2D eigenvalue weighted by molar-refractivity contribution is -0.140. The van der Waals surface area contributed by atoms with Gasteiger partial charge < -0.3 is 37.9 Å². The Morgan fingerprint density at radius 3 is 1.09 bits per heavy atom. The summed E-state index contributed by atoms with van der Waals surface area (Å²) >= 11 is 31.8. The Kier molecular flexibility index (Phi) is 32.0. The molecule has 0 saturated heterocycles. The molecule has 8 aromatic heterocycles. The molecule has 0 unspecified atom stereocenters. The number of thiophene rings is 3. The van der Waals surface area contributed by atoms with Crippen LogP contribution in [0.1, 0.15) is 181 Å². The second-order valence-corrected chi connectivity index (χ2v) is 38.0. The molecule has 0 aliphatic heterocycles. The van der Waals surface area contributed by atoms with E-state index in [0.29, 0.717) is 76.2 Å². The van der Waals surface area contributed by atoms with E-state index in [1.54, 1.807) is 95.6 Å². The number of nitrogens with zero attached hydrogens (tertiary/aromatic N) is 9. The number of thiazole rings is 1. The first-order valence-electron chi connectivity index (χ1n) is 40.1. The molecule has 0 radical (unpaired) electrons. The highest BCUT2D eigenvalue weighted by atomic mass is 35.5. The van der Waals surface area contributed by atoms with Crippen LogP contribution < -0.4 is 18.9 Å². The van der Waals surface area contributed by atoms with Crippen molar-refractivity contribution in [2.75, 3.05) is 6.61 Å². The largest absolute Gasteiger partial charge is 0.490 e. The molecule has 4 aromatic carbocycles. The van der Waals surface area contributed by atoms with E-state index in [1.807, 2.05) is 177 Å². The lowest BCUT2D eigenvalue weighted by Crippen LogP contribution is -2.32. The first kappa shape index (κ1) is 93.0. The van der Waals surface area contributed by atoms with Gasteiger partial charge in [0, 0.05) is 31.5 Å². The topological polar surface area (TPSA) is 226 Å². The predicted octanol–water partition coefficient (Wildman–Crippen LogP) is 23.1. The Balaban J connectivity index is 0.000000158.